The van der Waals surface area contributed by atoms with E-state index in [1.54, 1.807) is 22.8 Å². The molecule has 1 fully saturated rings. The van der Waals surface area contributed by atoms with Crippen LogP contribution in [-0.4, -0.2) is 40.4 Å². The molecule has 1 aliphatic carbocycles. The summed E-state index contributed by atoms with van der Waals surface area (Å²) in [5.41, 5.74) is 2.96. The van der Waals surface area contributed by atoms with Gasteiger partial charge in [0, 0.05) is 18.2 Å². The van der Waals surface area contributed by atoms with E-state index >= 15 is 0 Å². The van der Waals surface area contributed by atoms with Gasteiger partial charge in [-0.25, -0.2) is 13.7 Å². The van der Waals surface area contributed by atoms with Gasteiger partial charge in [-0.3, -0.25) is 0 Å². The van der Waals surface area contributed by atoms with Crippen molar-refractivity contribution in [3.8, 4) is 22.8 Å². The molecule has 35 heavy (non-hydrogen) atoms. The fraction of sp³-hybridized carbons (Fsp3) is 0.269. The molecule has 2 heterocycles. The van der Waals surface area contributed by atoms with Crippen molar-refractivity contribution in [3.63, 3.8) is 0 Å². The Kier molecular flexibility index (Phi) is 6.68. The molecule has 0 bridgehead atoms. The van der Waals surface area contributed by atoms with Gasteiger partial charge in [0.1, 0.15) is 23.4 Å². The molecule has 2 aromatic carbocycles. The largest absolute Gasteiger partial charge is 0.493 e. The van der Waals surface area contributed by atoms with Crippen LogP contribution < -0.4 is 9.47 Å². The summed E-state index contributed by atoms with van der Waals surface area (Å²) in [5.74, 6) is 0.700. The van der Waals surface area contributed by atoms with E-state index in [0.717, 1.165) is 22.4 Å². The van der Waals surface area contributed by atoms with Crippen molar-refractivity contribution in [2.24, 2.45) is 5.92 Å². The molecule has 180 valence electrons. The minimum absolute atomic E-state index is 0.215. The third kappa shape index (κ3) is 5.14. The monoisotopic (exact) mass is 539 g/mol. The molecule has 4 aromatic rings. The van der Waals surface area contributed by atoms with E-state index in [1.165, 1.54) is 38.4 Å². The van der Waals surface area contributed by atoms with Crippen LogP contribution in [0.4, 0.5) is 4.39 Å². The Hall–Kier alpha value is -3.46. The number of hydrogen-bond acceptors (Lipinski definition) is 6. The van der Waals surface area contributed by atoms with E-state index in [1.807, 2.05) is 24.3 Å². The van der Waals surface area contributed by atoms with Crippen molar-refractivity contribution in [1.82, 2.24) is 14.6 Å². The fourth-order valence-corrected chi connectivity index (χ4v) is 4.49. The lowest BCUT2D eigenvalue weighted by atomic mass is 10.1. The molecule has 1 atom stereocenters. The van der Waals surface area contributed by atoms with E-state index in [-0.39, 0.29) is 18.1 Å². The average Bonchev–Trinajstić information content (AvgIpc) is 3.65. The smallest absolute Gasteiger partial charge is 0.347 e. The Morgan fingerprint density at radius 3 is 2.71 bits per heavy atom. The van der Waals surface area contributed by atoms with Crippen molar-refractivity contribution in [3.05, 3.63) is 76.9 Å². The predicted molar refractivity (Wildman–Crippen MR) is 131 cm³/mol. The zero-order chi connectivity index (χ0) is 24.4. The van der Waals surface area contributed by atoms with Crippen molar-refractivity contribution in [2.45, 2.75) is 25.4 Å². The van der Waals surface area contributed by atoms with E-state index in [0.29, 0.717) is 22.5 Å². The standard InChI is InChI=1S/C26H23BrFN3O4/c1-33-26(32)22(12-18-4-2-3-5-21(18)34-14-16-6-7-16)35-25-24-23(27)20(13-31(24)30-15-29-25)17-8-10-19(28)11-9-17/h2-5,8-11,13,15-16,22H,6-7,12,14H2,1H3/t22-/m0/s1. The van der Waals surface area contributed by atoms with Crippen LogP contribution in [0, 0.1) is 11.7 Å². The lowest BCUT2D eigenvalue weighted by molar-refractivity contribution is -0.148. The molecule has 7 nitrogen and oxygen atoms in total. The molecule has 2 aromatic heterocycles. The molecule has 0 spiro atoms. The molecule has 0 N–H and O–H groups in total. The molecule has 5 rings (SSSR count). The zero-order valence-electron chi connectivity index (χ0n) is 19.0. The molecule has 9 heteroatoms. The van der Waals surface area contributed by atoms with Gasteiger partial charge in [-0.15, -0.1) is 0 Å². The first-order valence-corrected chi connectivity index (χ1v) is 12.1. The van der Waals surface area contributed by atoms with Crippen LogP contribution in [0.1, 0.15) is 18.4 Å². The Balaban J connectivity index is 1.45. The zero-order valence-corrected chi connectivity index (χ0v) is 20.6. The molecular formula is C26H23BrFN3O4. The Morgan fingerprint density at radius 1 is 1.20 bits per heavy atom. The van der Waals surface area contributed by atoms with Crippen molar-refractivity contribution >= 4 is 27.4 Å². The van der Waals surface area contributed by atoms with E-state index in [2.05, 4.69) is 26.0 Å². The molecule has 0 unspecified atom stereocenters. The summed E-state index contributed by atoms with van der Waals surface area (Å²) in [4.78, 5) is 17.0. The van der Waals surface area contributed by atoms with Crippen molar-refractivity contribution in [1.29, 1.82) is 0 Å². The van der Waals surface area contributed by atoms with Gasteiger partial charge >= 0.3 is 5.97 Å². The van der Waals surface area contributed by atoms with Gasteiger partial charge in [-0.1, -0.05) is 30.3 Å². The summed E-state index contributed by atoms with van der Waals surface area (Å²) in [5, 5.41) is 4.27. The number of ether oxygens (including phenoxy) is 3. The predicted octanol–water partition coefficient (Wildman–Crippen LogP) is 5.25. The van der Waals surface area contributed by atoms with Gasteiger partial charge in [0.15, 0.2) is 0 Å². The lowest BCUT2D eigenvalue weighted by Gasteiger charge is -2.19. The number of nitrogens with zero attached hydrogens (tertiary/aromatic N) is 3. The Bertz CT molecular complexity index is 1350. The fourth-order valence-electron chi connectivity index (χ4n) is 3.81. The quantitative estimate of drug-likeness (QED) is 0.270. The maximum atomic E-state index is 13.4. The van der Waals surface area contributed by atoms with E-state index in [4.69, 9.17) is 14.2 Å². The molecule has 1 saturated carbocycles. The van der Waals surface area contributed by atoms with Gasteiger partial charge in [0.05, 0.1) is 18.2 Å². The average molecular weight is 540 g/mol. The minimum atomic E-state index is -0.958. The third-order valence-electron chi connectivity index (χ3n) is 5.90. The lowest BCUT2D eigenvalue weighted by Crippen LogP contribution is -2.31. The minimum Gasteiger partial charge on any atom is -0.493 e. The number of esters is 1. The topological polar surface area (TPSA) is 75.0 Å². The molecule has 0 radical (unpaired) electrons. The van der Waals surface area contributed by atoms with Gasteiger partial charge in [-0.2, -0.15) is 10.1 Å². The number of carbonyl (C=O) groups is 1. The Labute approximate surface area is 210 Å². The number of aromatic nitrogens is 3. The molecule has 0 aliphatic heterocycles. The van der Waals surface area contributed by atoms with Crippen LogP contribution in [0.25, 0.3) is 16.6 Å². The molecule has 0 amide bonds. The summed E-state index contributed by atoms with van der Waals surface area (Å²) in [6.07, 6.45) is 4.80. The number of rotatable bonds is 9. The van der Waals surface area contributed by atoms with Crippen molar-refractivity contribution in [2.75, 3.05) is 13.7 Å². The van der Waals surface area contributed by atoms with Gasteiger partial charge in [0.2, 0.25) is 12.0 Å². The molecule has 1 aliphatic rings. The highest BCUT2D eigenvalue weighted by molar-refractivity contribution is 9.10. The third-order valence-corrected chi connectivity index (χ3v) is 6.70. The van der Waals surface area contributed by atoms with Crippen LogP contribution >= 0.6 is 15.9 Å². The number of fused-ring (bicyclic) bond motifs is 1. The number of methoxy groups -OCH3 is 1. The first kappa shape index (κ1) is 23.3. The molecular weight excluding hydrogens is 517 g/mol. The summed E-state index contributed by atoms with van der Waals surface area (Å²) >= 11 is 3.61. The number of benzene rings is 2. The second-order valence-electron chi connectivity index (χ2n) is 8.42. The van der Waals surface area contributed by atoms with Crippen LogP contribution in [0.5, 0.6) is 11.6 Å². The molecule has 0 saturated heterocycles. The number of carbonyl (C=O) groups excluding carboxylic acids is 1. The second kappa shape index (κ2) is 10.0. The second-order valence-corrected chi connectivity index (χ2v) is 9.21. The first-order chi connectivity index (χ1) is 17.0. The summed E-state index contributed by atoms with van der Waals surface area (Å²) in [6, 6.07) is 13.8. The van der Waals surface area contributed by atoms with Crippen LogP contribution in [-0.2, 0) is 16.0 Å². The maximum absolute atomic E-state index is 13.4. The van der Waals surface area contributed by atoms with Crippen molar-refractivity contribution < 1.29 is 23.4 Å². The summed E-state index contributed by atoms with van der Waals surface area (Å²) in [6.45, 7) is 0.663. The van der Waals surface area contributed by atoms with Crippen LogP contribution in [0.2, 0.25) is 0 Å². The highest BCUT2D eigenvalue weighted by Crippen LogP contribution is 2.37. The van der Waals surface area contributed by atoms with Gasteiger partial charge < -0.3 is 14.2 Å². The number of halogens is 2. The SMILES string of the molecule is COC(=O)[C@H](Cc1ccccc1OCC1CC1)Oc1ncnn2cc(-c3ccc(F)cc3)c(Br)c12. The Morgan fingerprint density at radius 2 is 1.97 bits per heavy atom. The van der Waals surface area contributed by atoms with E-state index in [9.17, 15) is 9.18 Å². The highest BCUT2D eigenvalue weighted by atomic mass is 79.9. The summed E-state index contributed by atoms with van der Waals surface area (Å²) in [7, 11) is 1.32. The van der Waals surface area contributed by atoms with E-state index < -0.39 is 12.1 Å². The van der Waals surface area contributed by atoms with Gasteiger partial charge in [0.25, 0.3) is 0 Å². The first-order valence-electron chi connectivity index (χ1n) is 11.3. The maximum Gasteiger partial charge on any atom is 0.347 e. The van der Waals surface area contributed by atoms with Crippen LogP contribution in [0.3, 0.4) is 0 Å². The van der Waals surface area contributed by atoms with Gasteiger partial charge in [-0.05, 0) is 64.0 Å². The normalized spacial score (nSPS) is 14.0. The number of para-hydroxylation sites is 1. The highest BCUT2D eigenvalue weighted by Gasteiger charge is 2.27. The number of hydrogen-bond donors (Lipinski definition) is 0. The summed E-state index contributed by atoms with van der Waals surface area (Å²) < 4.78 is 32.8. The van der Waals surface area contributed by atoms with Crippen LogP contribution in [0.15, 0.2) is 65.5 Å².